The van der Waals surface area contributed by atoms with Crippen LogP contribution < -0.4 is 4.90 Å². The predicted octanol–water partition coefficient (Wildman–Crippen LogP) is 4.30. The molecule has 104 valence electrons. The second kappa shape index (κ2) is 6.40. The van der Waals surface area contributed by atoms with Gasteiger partial charge in [-0.05, 0) is 52.7 Å². The van der Waals surface area contributed by atoms with Gasteiger partial charge in [0.2, 0.25) is 0 Å². The van der Waals surface area contributed by atoms with E-state index in [1.807, 2.05) is 12.4 Å². The number of hydrogen-bond donors (Lipinski definition) is 0. The van der Waals surface area contributed by atoms with Crippen molar-refractivity contribution in [2.24, 2.45) is 5.92 Å². The van der Waals surface area contributed by atoms with Gasteiger partial charge < -0.3 is 4.90 Å². The van der Waals surface area contributed by atoms with Crippen LogP contribution in [0.15, 0.2) is 53.3 Å². The highest BCUT2D eigenvalue weighted by Crippen LogP contribution is 2.26. The van der Waals surface area contributed by atoms with Crippen LogP contribution in [-0.4, -0.2) is 18.1 Å². The van der Waals surface area contributed by atoms with Gasteiger partial charge in [0, 0.05) is 23.8 Å². The Morgan fingerprint density at radius 3 is 2.55 bits per heavy atom. The zero-order valence-electron chi connectivity index (χ0n) is 11.5. The van der Waals surface area contributed by atoms with Crippen LogP contribution in [0.3, 0.4) is 0 Å². The number of piperidine rings is 1. The Bertz CT molecular complexity index is 548. The number of pyridine rings is 1. The maximum Gasteiger partial charge on any atom is 0.0564 e. The third kappa shape index (κ3) is 3.40. The van der Waals surface area contributed by atoms with Gasteiger partial charge in [-0.1, -0.05) is 30.3 Å². The van der Waals surface area contributed by atoms with Gasteiger partial charge in [0.25, 0.3) is 0 Å². The lowest BCUT2D eigenvalue weighted by molar-refractivity contribution is 0.403. The summed E-state index contributed by atoms with van der Waals surface area (Å²) in [5.41, 5.74) is 2.70. The molecule has 2 heterocycles. The average Bonchev–Trinajstić information content (AvgIpc) is 2.49. The maximum absolute atomic E-state index is 4.26. The Morgan fingerprint density at radius 2 is 1.85 bits per heavy atom. The molecule has 1 saturated heterocycles. The summed E-state index contributed by atoms with van der Waals surface area (Å²) in [6, 6.07) is 13.0. The van der Waals surface area contributed by atoms with E-state index >= 15 is 0 Å². The fourth-order valence-electron chi connectivity index (χ4n) is 2.92. The summed E-state index contributed by atoms with van der Waals surface area (Å²) in [6.07, 6.45) is 7.54. The first kappa shape index (κ1) is 13.6. The van der Waals surface area contributed by atoms with Crippen molar-refractivity contribution in [1.29, 1.82) is 0 Å². The SMILES string of the molecule is Brc1cncc(N2CCC(Cc3ccccc3)CC2)c1. The molecule has 0 N–H and O–H groups in total. The molecular weight excluding hydrogens is 312 g/mol. The third-order valence-electron chi connectivity index (χ3n) is 4.04. The molecular formula is C17H19BrN2. The van der Waals surface area contributed by atoms with E-state index < -0.39 is 0 Å². The van der Waals surface area contributed by atoms with Gasteiger partial charge in [0.05, 0.1) is 11.9 Å². The molecule has 20 heavy (non-hydrogen) atoms. The molecule has 1 aliphatic rings. The smallest absolute Gasteiger partial charge is 0.0564 e. The summed E-state index contributed by atoms with van der Waals surface area (Å²) >= 11 is 3.50. The molecule has 0 amide bonds. The number of nitrogens with zero attached hydrogens (tertiary/aromatic N) is 2. The summed E-state index contributed by atoms with van der Waals surface area (Å²) < 4.78 is 1.06. The Hall–Kier alpha value is -1.35. The van der Waals surface area contributed by atoms with Crippen LogP contribution in [0.4, 0.5) is 5.69 Å². The van der Waals surface area contributed by atoms with E-state index in [0.29, 0.717) is 0 Å². The summed E-state index contributed by atoms with van der Waals surface area (Å²) in [6.45, 7) is 2.27. The van der Waals surface area contributed by atoms with Gasteiger partial charge in [0.1, 0.15) is 0 Å². The van der Waals surface area contributed by atoms with Crippen LogP contribution in [0, 0.1) is 5.92 Å². The molecule has 0 saturated carbocycles. The second-order valence-electron chi connectivity index (χ2n) is 5.48. The maximum atomic E-state index is 4.26. The Balaban J connectivity index is 1.57. The van der Waals surface area contributed by atoms with Crippen molar-refractivity contribution in [2.75, 3.05) is 18.0 Å². The normalized spacial score (nSPS) is 16.4. The van der Waals surface area contributed by atoms with E-state index in [-0.39, 0.29) is 0 Å². The zero-order valence-corrected chi connectivity index (χ0v) is 13.1. The number of halogens is 1. The minimum Gasteiger partial charge on any atom is -0.370 e. The molecule has 2 aromatic rings. The van der Waals surface area contributed by atoms with Gasteiger partial charge in [-0.2, -0.15) is 0 Å². The molecule has 1 aliphatic heterocycles. The van der Waals surface area contributed by atoms with Crippen molar-refractivity contribution in [1.82, 2.24) is 4.98 Å². The molecule has 0 atom stereocenters. The fourth-order valence-corrected chi connectivity index (χ4v) is 3.27. The quantitative estimate of drug-likeness (QED) is 0.833. The molecule has 1 aromatic carbocycles. The molecule has 2 nitrogen and oxygen atoms in total. The van der Waals surface area contributed by atoms with Gasteiger partial charge in [-0.15, -0.1) is 0 Å². The first-order chi connectivity index (χ1) is 9.81. The second-order valence-corrected chi connectivity index (χ2v) is 6.40. The molecule has 0 unspecified atom stereocenters. The molecule has 0 bridgehead atoms. The molecule has 0 radical (unpaired) electrons. The predicted molar refractivity (Wildman–Crippen MR) is 87.0 cm³/mol. The fraction of sp³-hybridized carbons (Fsp3) is 0.353. The Labute approximate surface area is 129 Å². The van der Waals surface area contributed by atoms with Gasteiger partial charge >= 0.3 is 0 Å². The van der Waals surface area contributed by atoms with E-state index in [1.54, 1.807) is 0 Å². The van der Waals surface area contributed by atoms with Crippen molar-refractivity contribution in [2.45, 2.75) is 19.3 Å². The summed E-state index contributed by atoms with van der Waals surface area (Å²) in [5, 5.41) is 0. The number of anilines is 1. The van der Waals surface area contributed by atoms with Gasteiger partial charge in [-0.3, -0.25) is 4.98 Å². The van der Waals surface area contributed by atoms with Gasteiger partial charge in [0.15, 0.2) is 0 Å². The third-order valence-corrected chi connectivity index (χ3v) is 4.47. The Morgan fingerprint density at radius 1 is 1.10 bits per heavy atom. The minimum absolute atomic E-state index is 0.814. The van der Waals surface area contributed by atoms with E-state index in [1.165, 1.54) is 30.5 Å². The van der Waals surface area contributed by atoms with Crippen LogP contribution in [0.5, 0.6) is 0 Å². The number of rotatable bonds is 3. The average molecular weight is 331 g/mol. The first-order valence-corrected chi connectivity index (χ1v) is 8.00. The van der Waals surface area contributed by atoms with Crippen LogP contribution >= 0.6 is 15.9 Å². The monoisotopic (exact) mass is 330 g/mol. The lowest BCUT2D eigenvalue weighted by Crippen LogP contribution is -2.34. The molecule has 3 heteroatoms. The molecule has 0 aliphatic carbocycles. The van der Waals surface area contributed by atoms with E-state index in [9.17, 15) is 0 Å². The van der Waals surface area contributed by atoms with E-state index in [4.69, 9.17) is 0 Å². The van der Waals surface area contributed by atoms with E-state index in [0.717, 1.165) is 23.5 Å². The first-order valence-electron chi connectivity index (χ1n) is 7.21. The molecule has 0 spiro atoms. The molecule has 1 aromatic heterocycles. The largest absolute Gasteiger partial charge is 0.370 e. The summed E-state index contributed by atoms with van der Waals surface area (Å²) in [4.78, 5) is 6.70. The van der Waals surface area contributed by atoms with Crippen molar-refractivity contribution in [3.8, 4) is 0 Å². The Kier molecular flexibility index (Phi) is 4.36. The number of benzene rings is 1. The van der Waals surface area contributed by atoms with Crippen molar-refractivity contribution >= 4 is 21.6 Å². The highest BCUT2D eigenvalue weighted by atomic mass is 79.9. The van der Waals surface area contributed by atoms with Gasteiger partial charge in [-0.25, -0.2) is 0 Å². The zero-order chi connectivity index (χ0) is 13.8. The van der Waals surface area contributed by atoms with Crippen molar-refractivity contribution in [3.05, 3.63) is 58.8 Å². The lowest BCUT2D eigenvalue weighted by Gasteiger charge is -2.33. The van der Waals surface area contributed by atoms with Crippen LogP contribution in [0.1, 0.15) is 18.4 Å². The highest BCUT2D eigenvalue weighted by Gasteiger charge is 2.19. The highest BCUT2D eigenvalue weighted by molar-refractivity contribution is 9.10. The van der Waals surface area contributed by atoms with E-state index in [2.05, 4.69) is 62.2 Å². The number of aromatic nitrogens is 1. The van der Waals surface area contributed by atoms with Crippen LogP contribution in [0.25, 0.3) is 0 Å². The molecule has 1 fully saturated rings. The standard InChI is InChI=1S/C17H19BrN2/c18-16-11-17(13-19-12-16)20-8-6-15(7-9-20)10-14-4-2-1-3-5-14/h1-5,11-13,15H,6-10H2. The molecule has 3 rings (SSSR count). The van der Waals surface area contributed by atoms with Crippen LogP contribution in [-0.2, 0) is 6.42 Å². The van der Waals surface area contributed by atoms with Crippen molar-refractivity contribution < 1.29 is 0 Å². The topological polar surface area (TPSA) is 16.1 Å². The summed E-state index contributed by atoms with van der Waals surface area (Å²) in [7, 11) is 0. The summed E-state index contributed by atoms with van der Waals surface area (Å²) in [5.74, 6) is 0.814. The van der Waals surface area contributed by atoms with Crippen molar-refractivity contribution in [3.63, 3.8) is 0 Å². The minimum atomic E-state index is 0.814. The lowest BCUT2D eigenvalue weighted by atomic mass is 9.90. The number of hydrogen-bond acceptors (Lipinski definition) is 2. The van der Waals surface area contributed by atoms with Crippen LogP contribution in [0.2, 0.25) is 0 Å².